The van der Waals surface area contributed by atoms with Gasteiger partial charge in [-0.2, -0.15) is 0 Å². The molecule has 9 heteroatoms. The van der Waals surface area contributed by atoms with Crippen LogP contribution in [-0.2, 0) is 20.7 Å². The first kappa shape index (κ1) is 32.4. The van der Waals surface area contributed by atoms with Crippen molar-refractivity contribution in [3.05, 3.63) is 52.0 Å². The number of aliphatic hydroxyl groups excluding tert-OH is 1. The maximum absolute atomic E-state index is 13.2. The van der Waals surface area contributed by atoms with Crippen LogP contribution in [0, 0.1) is 11.8 Å². The largest absolute Gasteiger partial charge is 0.455 e. The Morgan fingerprint density at radius 3 is 2.41 bits per heavy atom. The lowest BCUT2D eigenvalue weighted by molar-refractivity contribution is -0.148. The molecule has 0 spiro atoms. The van der Waals surface area contributed by atoms with Crippen LogP contribution in [0.2, 0.25) is 0 Å². The molecular formula is C30H45N3O5S. The maximum Gasteiger partial charge on any atom is 0.303 e. The zero-order valence-corrected chi connectivity index (χ0v) is 25.0. The normalized spacial score (nSPS) is 14.4. The standard InChI is InChI=1S/C30H45N3O5S/c1-7-8-14-28(36)33(6)26(20(2)3)17-27(38-22(5)35)30-32-25(19-39-30)29(37)31-24(15-21(4)18-34)16-23-12-10-9-11-13-23/h9-13,19-21,24,26-27,34H,7-8,14-18H2,1-6H3,(H,31,37). The van der Waals surface area contributed by atoms with Crippen molar-refractivity contribution >= 4 is 29.1 Å². The molecule has 0 aliphatic rings. The van der Waals surface area contributed by atoms with Crippen molar-refractivity contribution in [3.63, 3.8) is 0 Å². The predicted molar refractivity (Wildman–Crippen MR) is 154 cm³/mol. The Kier molecular flexibility index (Phi) is 13.6. The molecule has 4 unspecified atom stereocenters. The van der Waals surface area contributed by atoms with Crippen LogP contribution in [0.4, 0.5) is 0 Å². The molecule has 2 N–H and O–H groups in total. The molecule has 0 aliphatic heterocycles. The van der Waals surface area contributed by atoms with Gasteiger partial charge in [0, 0.05) is 50.9 Å². The molecule has 0 saturated heterocycles. The first-order valence-electron chi connectivity index (χ1n) is 13.9. The SMILES string of the molecule is CCCCC(=O)N(C)C(CC(OC(C)=O)c1nc(C(=O)NC(Cc2ccccc2)CC(C)CO)cs1)C(C)C. The number of hydrogen-bond acceptors (Lipinski definition) is 7. The lowest BCUT2D eigenvalue weighted by atomic mass is 9.96. The molecule has 2 rings (SSSR count). The number of hydrogen-bond donors (Lipinski definition) is 2. The minimum Gasteiger partial charge on any atom is -0.455 e. The zero-order chi connectivity index (χ0) is 28.9. The highest BCUT2D eigenvalue weighted by atomic mass is 32.1. The molecule has 0 aliphatic carbocycles. The highest BCUT2D eigenvalue weighted by molar-refractivity contribution is 7.09. The van der Waals surface area contributed by atoms with Crippen LogP contribution in [0.25, 0.3) is 0 Å². The lowest BCUT2D eigenvalue weighted by Gasteiger charge is -2.33. The summed E-state index contributed by atoms with van der Waals surface area (Å²) in [6.07, 6.45) is 3.24. The van der Waals surface area contributed by atoms with Gasteiger partial charge in [-0.3, -0.25) is 14.4 Å². The van der Waals surface area contributed by atoms with E-state index in [0.29, 0.717) is 30.7 Å². The van der Waals surface area contributed by atoms with Crippen molar-refractivity contribution < 1.29 is 24.2 Å². The van der Waals surface area contributed by atoms with E-state index in [1.165, 1.54) is 18.3 Å². The number of rotatable bonds is 16. The van der Waals surface area contributed by atoms with Gasteiger partial charge in [-0.15, -0.1) is 11.3 Å². The Morgan fingerprint density at radius 1 is 1.13 bits per heavy atom. The number of carbonyl (C=O) groups is 3. The molecule has 2 amide bonds. The lowest BCUT2D eigenvalue weighted by Crippen LogP contribution is -2.41. The Labute approximate surface area is 237 Å². The van der Waals surface area contributed by atoms with Crippen LogP contribution in [0.5, 0.6) is 0 Å². The molecule has 4 atom stereocenters. The highest BCUT2D eigenvalue weighted by Crippen LogP contribution is 2.30. The smallest absolute Gasteiger partial charge is 0.303 e. The average molecular weight is 560 g/mol. The second-order valence-electron chi connectivity index (χ2n) is 10.7. The summed E-state index contributed by atoms with van der Waals surface area (Å²) in [6.45, 7) is 9.48. The monoisotopic (exact) mass is 559 g/mol. The number of benzene rings is 1. The van der Waals surface area contributed by atoms with Gasteiger partial charge >= 0.3 is 5.97 Å². The van der Waals surface area contributed by atoms with E-state index in [9.17, 15) is 19.5 Å². The fraction of sp³-hybridized carbons (Fsp3) is 0.600. The van der Waals surface area contributed by atoms with Crippen molar-refractivity contribution in [3.8, 4) is 0 Å². The maximum atomic E-state index is 13.2. The Balaban J connectivity index is 2.21. The van der Waals surface area contributed by atoms with Gasteiger partial charge in [0.05, 0.1) is 0 Å². The summed E-state index contributed by atoms with van der Waals surface area (Å²) in [7, 11) is 1.80. The number of aliphatic hydroxyl groups is 1. The average Bonchev–Trinajstić information content (AvgIpc) is 3.39. The van der Waals surface area contributed by atoms with E-state index in [1.54, 1.807) is 17.3 Å². The Bertz CT molecular complexity index is 1040. The molecule has 1 aromatic carbocycles. The van der Waals surface area contributed by atoms with E-state index in [4.69, 9.17) is 4.74 Å². The van der Waals surface area contributed by atoms with Crippen LogP contribution in [0.1, 0.15) is 93.9 Å². The molecule has 39 heavy (non-hydrogen) atoms. The van der Waals surface area contributed by atoms with Gasteiger partial charge in [0.2, 0.25) is 5.91 Å². The van der Waals surface area contributed by atoms with Crippen LogP contribution in [-0.4, -0.2) is 58.5 Å². The number of ether oxygens (including phenoxy) is 1. The van der Waals surface area contributed by atoms with E-state index in [2.05, 4.69) is 17.2 Å². The van der Waals surface area contributed by atoms with Crippen LogP contribution in [0.3, 0.4) is 0 Å². The fourth-order valence-corrected chi connectivity index (χ4v) is 5.48. The summed E-state index contributed by atoms with van der Waals surface area (Å²) in [5.74, 6) is -0.517. The van der Waals surface area contributed by atoms with Gasteiger partial charge in [0.15, 0.2) is 6.10 Å². The molecule has 0 saturated carbocycles. The van der Waals surface area contributed by atoms with Crippen molar-refractivity contribution in [2.24, 2.45) is 11.8 Å². The summed E-state index contributed by atoms with van der Waals surface area (Å²) < 4.78 is 5.66. The quantitative estimate of drug-likeness (QED) is 0.275. The minimum absolute atomic E-state index is 0.0309. The number of amides is 2. The van der Waals surface area contributed by atoms with Crippen LogP contribution < -0.4 is 5.32 Å². The third kappa shape index (κ3) is 10.7. The second kappa shape index (κ2) is 16.4. The molecule has 0 bridgehead atoms. The van der Waals surface area contributed by atoms with Crippen LogP contribution >= 0.6 is 11.3 Å². The Hall–Kier alpha value is -2.78. The molecule has 2 aromatic rings. The zero-order valence-electron chi connectivity index (χ0n) is 24.2. The van der Waals surface area contributed by atoms with Crippen molar-refractivity contribution in [2.75, 3.05) is 13.7 Å². The highest BCUT2D eigenvalue weighted by Gasteiger charge is 2.30. The summed E-state index contributed by atoms with van der Waals surface area (Å²) in [6, 6.07) is 9.58. The van der Waals surface area contributed by atoms with Crippen molar-refractivity contribution in [1.29, 1.82) is 0 Å². The number of nitrogens with zero attached hydrogens (tertiary/aromatic N) is 2. The van der Waals surface area contributed by atoms with Gasteiger partial charge < -0.3 is 20.1 Å². The fourth-order valence-electron chi connectivity index (χ4n) is 4.64. The number of esters is 1. The van der Waals surface area contributed by atoms with E-state index < -0.39 is 12.1 Å². The summed E-state index contributed by atoms with van der Waals surface area (Å²) >= 11 is 1.27. The first-order chi connectivity index (χ1) is 18.5. The van der Waals surface area contributed by atoms with Crippen molar-refractivity contribution in [2.45, 2.75) is 91.3 Å². The summed E-state index contributed by atoms with van der Waals surface area (Å²) in [5, 5.41) is 14.9. The predicted octanol–water partition coefficient (Wildman–Crippen LogP) is 5.17. The third-order valence-electron chi connectivity index (χ3n) is 6.86. The molecular weight excluding hydrogens is 514 g/mol. The third-order valence-corrected chi connectivity index (χ3v) is 7.79. The topological polar surface area (TPSA) is 109 Å². The molecule has 0 radical (unpaired) electrons. The molecule has 216 valence electrons. The van der Waals surface area contributed by atoms with E-state index >= 15 is 0 Å². The molecule has 1 aromatic heterocycles. The van der Waals surface area contributed by atoms with Crippen LogP contribution in [0.15, 0.2) is 35.7 Å². The molecule has 8 nitrogen and oxygen atoms in total. The number of thiazole rings is 1. The van der Waals surface area contributed by atoms with Gasteiger partial charge in [-0.25, -0.2) is 4.98 Å². The minimum atomic E-state index is -0.669. The number of aromatic nitrogens is 1. The number of unbranched alkanes of at least 4 members (excludes halogenated alkanes) is 1. The van der Waals surface area contributed by atoms with E-state index in [1.807, 2.05) is 51.1 Å². The Morgan fingerprint density at radius 2 is 1.82 bits per heavy atom. The molecule has 0 fully saturated rings. The van der Waals surface area contributed by atoms with Gasteiger partial charge in [-0.05, 0) is 36.7 Å². The van der Waals surface area contributed by atoms with Crippen molar-refractivity contribution in [1.82, 2.24) is 15.2 Å². The summed E-state index contributed by atoms with van der Waals surface area (Å²) in [5.41, 5.74) is 1.36. The molecule has 1 heterocycles. The van der Waals surface area contributed by atoms with E-state index in [0.717, 1.165) is 18.4 Å². The second-order valence-corrected chi connectivity index (χ2v) is 11.6. The number of nitrogens with one attached hydrogen (secondary N) is 1. The van der Waals surface area contributed by atoms with Gasteiger partial charge in [-0.1, -0.05) is 64.4 Å². The number of carbonyl (C=O) groups excluding carboxylic acids is 3. The summed E-state index contributed by atoms with van der Waals surface area (Å²) in [4.78, 5) is 44.3. The van der Waals surface area contributed by atoms with Gasteiger partial charge in [0.1, 0.15) is 10.7 Å². The first-order valence-corrected chi connectivity index (χ1v) is 14.8. The van der Waals surface area contributed by atoms with Gasteiger partial charge in [0.25, 0.3) is 5.91 Å². The van der Waals surface area contributed by atoms with E-state index in [-0.39, 0.29) is 48.0 Å².